The number of benzene rings is 1. The third-order valence-electron chi connectivity index (χ3n) is 2.61. The van der Waals surface area contributed by atoms with E-state index in [9.17, 15) is 4.79 Å². The smallest absolute Gasteiger partial charge is 0.408 e. The summed E-state index contributed by atoms with van der Waals surface area (Å²) in [6.07, 6.45) is 0.938. The van der Waals surface area contributed by atoms with E-state index in [1.807, 2.05) is 18.2 Å². The highest BCUT2D eigenvalue weighted by molar-refractivity contribution is 5.72. The van der Waals surface area contributed by atoms with Crippen molar-refractivity contribution in [1.82, 2.24) is 4.98 Å². The van der Waals surface area contributed by atoms with Gasteiger partial charge in [-0.25, -0.2) is 4.79 Å². The van der Waals surface area contributed by atoms with Crippen molar-refractivity contribution < 1.29 is 4.42 Å². The van der Waals surface area contributed by atoms with Gasteiger partial charge in [0.15, 0.2) is 5.58 Å². The van der Waals surface area contributed by atoms with E-state index in [-0.39, 0.29) is 0 Å². The van der Waals surface area contributed by atoms with Crippen molar-refractivity contribution in [1.29, 1.82) is 0 Å². The molecule has 0 spiro atoms. The zero-order chi connectivity index (χ0) is 10.8. The molecule has 15 heavy (non-hydrogen) atoms. The molecule has 1 aromatic heterocycles. The molecular formula is C11H14N2O2. The Kier molecular flexibility index (Phi) is 2.60. The van der Waals surface area contributed by atoms with Crippen molar-refractivity contribution in [3.63, 3.8) is 0 Å². The fraction of sp³-hybridized carbons (Fsp3) is 0.364. The van der Waals surface area contributed by atoms with E-state index >= 15 is 0 Å². The molecule has 2 aromatic rings. The number of aromatic nitrogens is 1. The summed E-state index contributed by atoms with van der Waals surface area (Å²) in [5, 5.41) is 0. The van der Waals surface area contributed by atoms with Gasteiger partial charge in [0.2, 0.25) is 0 Å². The van der Waals surface area contributed by atoms with Crippen molar-refractivity contribution in [3.05, 3.63) is 34.3 Å². The molecule has 80 valence electrons. The Hall–Kier alpha value is -1.55. The second-order valence-corrected chi connectivity index (χ2v) is 3.75. The van der Waals surface area contributed by atoms with Gasteiger partial charge in [0.1, 0.15) is 0 Å². The third kappa shape index (κ3) is 1.94. The maximum atomic E-state index is 11.0. The zero-order valence-corrected chi connectivity index (χ0v) is 8.62. The first-order valence-corrected chi connectivity index (χ1v) is 5.03. The maximum absolute atomic E-state index is 11.0. The molecule has 4 nitrogen and oxygen atoms in total. The fourth-order valence-corrected chi connectivity index (χ4v) is 1.69. The Morgan fingerprint density at radius 3 is 3.07 bits per heavy atom. The minimum Gasteiger partial charge on any atom is -0.408 e. The minimum atomic E-state index is -0.409. The summed E-state index contributed by atoms with van der Waals surface area (Å²) in [6.45, 7) is 2.79. The quantitative estimate of drug-likeness (QED) is 0.800. The molecule has 1 aromatic carbocycles. The van der Waals surface area contributed by atoms with Crippen LogP contribution in [-0.4, -0.2) is 11.5 Å². The molecule has 4 heteroatoms. The van der Waals surface area contributed by atoms with Gasteiger partial charge < -0.3 is 10.2 Å². The summed E-state index contributed by atoms with van der Waals surface area (Å²) in [7, 11) is 0. The lowest BCUT2D eigenvalue weighted by atomic mass is 9.98. The summed E-state index contributed by atoms with van der Waals surface area (Å²) in [5.41, 5.74) is 8.03. The first-order valence-electron chi connectivity index (χ1n) is 5.03. The van der Waals surface area contributed by atoms with Crippen molar-refractivity contribution in [2.75, 3.05) is 6.54 Å². The van der Waals surface area contributed by atoms with E-state index < -0.39 is 5.76 Å². The normalized spacial score (nSPS) is 13.2. The highest BCUT2D eigenvalue weighted by atomic mass is 16.4. The van der Waals surface area contributed by atoms with Crippen LogP contribution in [0.5, 0.6) is 0 Å². The molecular weight excluding hydrogens is 192 g/mol. The number of nitrogens with two attached hydrogens (primary N) is 1. The van der Waals surface area contributed by atoms with Crippen LogP contribution < -0.4 is 11.5 Å². The molecule has 0 aliphatic carbocycles. The Labute approximate surface area is 87.1 Å². The lowest BCUT2D eigenvalue weighted by Gasteiger charge is -2.09. The van der Waals surface area contributed by atoms with Gasteiger partial charge in [-0.05, 0) is 36.6 Å². The topological polar surface area (TPSA) is 72.0 Å². The van der Waals surface area contributed by atoms with Gasteiger partial charge in [0.05, 0.1) is 5.52 Å². The van der Waals surface area contributed by atoms with Crippen molar-refractivity contribution in [2.45, 2.75) is 19.3 Å². The number of hydrogen-bond acceptors (Lipinski definition) is 3. The van der Waals surface area contributed by atoms with E-state index in [0.29, 0.717) is 18.0 Å². The minimum absolute atomic E-state index is 0.401. The number of oxazole rings is 1. The predicted molar refractivity (Wildman–Crippen MR) is 58.9 cm³/mol. The van der Waals surface area contributed by atoms with Gasteiger partial charge >= 0.3 is 5.76 Å². The molecule has 2 rings (SSSR count). The molecule has 0 fully saturated rings. The summed E-state index contributed by atoms with van der Waals surface area (Å²) in [6, 6.07) is 5.73. The van der Waals surface area contributed by atoms with Crippen LogP contribution in [-0.2, 0) is 0 Å². The van der Waals surface area contributed by atoms with Crippen LogP contribution in [0.25, 0.3) is 11.1 Å². The molecule has 1 unspecified atom stereocenters. The fourth-order valence-electron chi connectivity index (χ4n) is 1.69. The van der Waals surface area contributed by atoms with E-state index in [1.54, 1.807) is 0 Å². The molecule has 0 radical (unpaired) electrons. The Bertz CT molecular complexity index is 513. The first-order chi connectivity index (χ1) is 7.20. The largest absolute Gasteiger partial charge is 0.417 e. The van der Waals surface area contributed by atoms with E-state index in [2.05, 4.69) is 11.9 Å². The van der Waals surface area contributed by atoms with Crippen molar-refractivity contribution in [3.8, 4) is 0 Å². The summed E-state index contributed by atoms with van der Waals surface area (Å²) < 4.78 is 4.93. The monoisotopic (exact) mass is 206 g/mol. The van der Waals surface area contributed by atoms with E-state index in [0.717, 1.165) is 11.9 Å². The summed E-state index contributed by atoms with van der Waals surface area (Å²) >= 11 is 0. The van der Waals surface area contributed by atoms with Crippen LogP contribution in [0.15, 0.2) is 27.4 Å². The lowest BCUT2D eigenvalue weighted by molar-refractivity contribution is 0.555. The molecule has 0 bridgehead atoms. The number of rotatable bonds is 3. The molecule has 1 atom stereocenters. The lowest BCUT2D eigenvalue weighted by Crippen LogP contribution is -2.04. The number of H-pyrrole nitrogens is 1. The Morgan fingerprint density at radius 2 is 2.33 bits per heavy atom. The van der Waals surface area contributed by atoms with Crippen LogP contribution in [0.3, 0.4) is 0 Å². The predicted octanol–water partition coefficient (Wildman–Crippen LogP) is 1.57. The first kappa shape index (κ1) is 9.98. The second kappa shape index (κ2) is 3.90. The molecule has 3 N–H and O–H groups in total. The highest BCUT2D eigenvalue weighted by Crippen LogP contribution is 2.21. The third-order valence-corrected chi connectivity index (χ3v) is 2.61. The van der Waals surface area contributed by atoms with Crippen LogP contribution in [0.1, 0.15) is 24.8 Å². The standard InChI is InChI=1S/C11H14N2O2/c1-7(4-5-12)8-2-3-10-9(6-8)13-11(14)15-10/h2-3,6-7H,4-5,12H2,1H3,(H,13,14). The van der Waals surface area contributed by atoms with Crippen LogP contribution >= 0.6 is 0 Å². The van der Waals surface area contributed by atoms with E-state index in [1.165, 1.54) is 5.56 Å². The summed E-state index contributed by atoms with van der Waals surface area (Å²) in [4.78, 5) is 13.6. The van der Waals surface area contributed by atoms with Gasteiger partial charge in [-0.2, -0.15) is 0 Å². The van der Waals surface area contributed by atoms with Crippen LogP contribution in [0, 0.1) is 0 Å². The second-order valence-electron chi connectivity index (χ2n) is 3.75. The molecule has 0 aliphatic rings. The van der Waals surface area contributed by atoms with Crippen LogP contribution in [0.2, 0.25) is 0 Å². The average molecular weight is 206 g/mol. The summed E-state index contributed by atoms with van der Waals surface area (Å²) in [5.74, 6) is -0.00794. The Morgan fingerprint density at radius 1 is 1.53 bits per heavy atom. The zero-order valence-electron chi connectivity index (χ0n) is 8.62. The van der Waals surface area contributed by atoms with Gasteiger partial charge in [-0.1, -0.05) is 13.0 Å². The van der Waals surface area contributed by atoms with Gasteiger partial charge in [-0.15, -0.1) is 0 Å². The maximum Gasteiger partial charge on any atom is 0.417 e. The van der Waals surface area contributed by atoms with Gasteiger partial charge in [0, 0.05) is 0 Å². The molecule has 0 saturated heterocycles. The average Bonchev–Trinajstić information content (AvgIpc) is 2.57. The Balaban J connectivity index is 2.41. The number of hydrogen-bond donors (Lipinski definition) is 2. The molecule has 0 aliphatic heterocycles. The van der Waals surface area contributed by atoms with E-state index in [4.69, 9.17) is 10.2 Å². The van der Waals surface area contributed by atoms with Crippen molar-refractivity contribution >= 4 is 11.1 Å². The van der Waals surface area contributed by atoms with Gasteiger partial charge in [-0.3, -0.25) is 4.98 Å². The number of aromatic amines is 1. The highest BCUT2D eigenvalue weighted by Gasteiger charge is 2.07. The molecule has 0 saturated carbocycles. The number of nitrogens with one attached hydrogen (secondary N) is 1. The molecule has 1 heterocycles. The van der Waals surface area contributed by atoms with Gasteiger partial charge in [0.25, 0.3) is 0 Å². The van der Waals surface area contributed by atoms with Crippen LogP contribution in [0.4, 0.5) is 0 Å². The number of fused-ring (bicyclic) bond motifs is 1. The molecule has 0 amide bonds. The SMILES string of the molecule is CC(CCN)c1ccc2oc(=O)[nH]c2c1. The van der Waals surface area contributed by atoms with Crippen molar-refractivity contribution in [2.24, 2.45) is 5.73 Å².